The number of aryl methyl sites for hydroxylation is 1. The van der Waals surface area contributed by atoms with Gasteiger partial charge in [-0.05, 0) is 44.3 Å². The van der Waals surface area contributed by atoms with Crippen LogP contribution in [-0.2, 0) is 19.9 Å². The predicted octanol–water partition coefficient (Wildman–Crippen LogP) is 2.41. The van der Waals surface area contributed by atoms with Gasteiger partial charge in [0.25, 0.3) is 0 Å². The normalized spacial score (nSPS) is 33.7. The number of thioether (sulfide) groups is 1. The summed E-state index contributed by atoms with van der Waals surface area (Å²) in [6.45, 7) is 1.99. The number of benzene rings is 1. The van der Waals surface area contributed by atoms with Gasteiger partial charge < -0.3 is 5.32 Å². The molecule has 4 unspecified atom stereocenters. The Labute approximate surface area is 175 Å². The summed E-state index contributed by atoms with van der Waals surface area (Å²) in [5.74, 6) is -0.677. The Morgan fingerprint density at radius 2 is 1.93 bits per heavy atom. The van der Waals surface area contributed by atoms with Crippen molar-refractivity contribution in [3.05, 3.63) is 29.3 Å². The number of imide groups is 1. The van der Waals surface area contributed by atoms with Crippen LogP contribution in [-0.4, -0.2) is 46.7 Å². The summed E-state index contributed by atoms with van der Waals surface area (Å²) < 4.78 is 0. The first-order chi connectivity index (χ1) is 14.0. The third-order valence-corrected chi connectivity index (χ3v) is 7.87. The Kier molecular flexibility index (Phi) is 4.51. The van der Waals surface area contributed by atoms with Gasteiger partial charge in [0.15, 0.2) is 0 Å². The van der Waals surface area contributed by atoms with Crippen molar-refractivity contribution in [3.63, 3.8) is 0 Å². The molecule has 29 heavy (non-hydrogen) atoms. The van der Waals surface area contributed by atoms with E-state index in [1.165, 1.54) is 4.90 Å². The lowest BCUT2D eigenvalue weighted by Gasteiger charge is -2.31. The third kappa shape index (κ3) is 2.56. The van der Waals surface area contributed by atoms with E-state index in [4.69, 9.17) is 0 Å². The molecule has 1 saturated carbocycles. The number of carbonyl (C=O) groups is 3. The summed E-state index contributed by atoms with van der Waals surface area (Å²) in [4.78, 5) is 42.1. The first kappa shape index (κ1) is 19.1. The van der Waals surface area contributed by atoms with Gasteiger partial charge in [0.2, 0.25) is 17.7 Å². The molecule has 0 bridgehead atoms. The molecule has 5 rings (SSSR count). The van der Waals surface area contributed by atoms with E-state index in [9.17, 15) is 14.4 Å². The van der Waals surface area contributed by atoms with Crippen LogP contribution in [0.3, 0.4) is 0 Å². The predicted molar refractivity (Wildman–Crippen MR) is 112 cm³/mol. The zero-order chi connectivity index (χ0) is 20.3. The first-order valence-corrected chi connectivity index (χ1v) is 11.9. The van der Waals surface area contributed by atoms with Gasteiger partial charge in [0.05, 0.1) is 11.8 Å². The number of fused-ring (bicyclic) bond motifs is 4. The monoisotopic (exact) mass is 413 g/mol. The highest BCUT2D eigenvalue weighted by Gasteiger charge is 2.70. The second-order valence-corrected chi connectivity index (χ2v) is 9.82. The molecule has 154 valence electrons. The molecule has 2 N–H and O–H groups in total. The first-order valence-electron chi connectivity index (χ1n) is 10.5. The van der Waals surface area contributed by atoms with E-state index in [1.807, 2.05) is 31.4 Å². The quantitative estimate of drug-likeness (QED) is 0.741. The minimum atomic E-state index is -1.14. The van der Waals surface area contributed by atoms with Gasteiger partial charge in [-0.3, -0.25) is 24.6 Å². The fraction of sp³-hybridized carbons (Fsp3) is 0.591. The highest BCUT2D eigenvalue weighted by molar-refractivity contribution is 7.98. The molecular weight excluding hydrogens is 386 g/mol. The molecule has 4 aliphatic rings. The van der Waals surface area contributed by atoms with Gasteiger partial charge in [-0.25, -0.2) is 0 Å². The number of carbonyl (C=O) groups excluding carboxylic acids is 3. The number of likely N-dealkylation sites (tertiary alicyclic amines) is 1. The van der Waals surface area contributed by atoms with Crippen molar-refractivity contribution in [2.75, 3.05) is 17.3 Å². The molecule has 3 heterocycles. The van der Waals surface area contributed by atoms with Crippen LogP contribution in [0.2, 0.25) is 0 Å². The molecule has 1 spiro atoms. The van der Waals surface area contributed by atoms with E-state index >= 15 is 0 Å². The molecular formula is C22H27N3O3S. The summed E-state index contributed by atoms with van der Waals surface area (Å²) in [7, 11) is 0. The van der Waals surface area contributed by atoms with E-state index in [0.29, 0.717) is 0 Å². The van der Waals surface area contributed by atoms with E-state index in [-0.39, 0.29) is 29.8 Å². The van der Waals surface area contributed by atoms with Crippen molar-refractivity contribution in [2.45, 2.75) is 56.7 Å². The Morgan fingerprint density at radius 3 is 2.66 bits per heavy atom. The Bertz CT molecular complexity index is 897. The maximum Gasteiger partial charge on any atom is 0.250 e. The zero-order valence-electron chi connectivity index (χ0n) is 16.9. The van der Waals surface area contributed by atoms with Crippen molar-refractivity contribution < 1.29 is 14.4 Å². The topological polar surface area (TPSA) is 78.5 Å². The average Bonchev–Trinajstić information content (AvgIpc) is 3.43. The summed E-state index contributed by atoms with van der Waals surface area (Å²) in [6, 6.07) is 5.68. The fourth-order valence-electron chi connectivity index (χ4n) is 5.95. The second-order valence-electron chi connectivity index (χ2n) is 8.83. The maximum atomic E-state index is 13.7. The number of anilines is 1. The Hall–Kier alpha value is -1.86. The van der Waals surface area contributed by atoms with E-state index in [0.717, 1.165) is 54.7 Å². The SMILES string of the molecule is CSCCC1NC2(C(=O)Nc3ccc(C)cc32)C2C(=O)N(C3CCCC3)C(=O)C12. The average molecular weight is 414 g/mol. The van der Waals surface area contributed by atoms with E-state index in [2.05, 4.69) is 10.6 Å². The minimum absolute atomic E-state index is 0.000273. The Balaban J connectivity index is 1.63. The lowest BCUT2D eigenvalue weighted by atomic mass is 9.76. The van der Waals surface area contributed by atoms with Gasteiger partial charge in [-0.15, -0.1) is 0 Å². The minimum Gasteiger partial charge on any atom is -0.324 e. The molecule has 0 radical (unpaired) electrons. The number of amides is 3. The lowest BCUT2D eigenvalue weighted by Crippen LogP contribution is -2.54. The number of nitrogens with zero attached hydrogens (tertiary/aromatic N) is 1. The van der Waals surface area contributed by atoms with Crippen molar-refractivity contribution in [3.8, 4) is 0 Å². The molecule has 0 aromatic heterocycles. The van der Waals surface area contributed by atoms with Crippen molar-refractivity contribution >= 4 is 35.2 Å². The number of nitrogens with one attached hydrogen (secondary N) is 2. The van der Waals surface area contributed by atoms with E-state index < -0.39 is 17.4 Å². The van der Waals surface area contributed by atoms with Crippen molar-refractivity contribution in [1.82, 2.24) is 10.2 Å². The number of hydrogen-bond donors (Lipinski definition) is 2. The smallest absolute Gasteiger partial charge is 0.250 e. The molecule has 3 fully saturated rings. The van der Waals surface area contributed by atoms with Crippen LogP contribution >= 0.6 is 11.8 Å². The molecule has 7 heteroatoms. The van der Waals surface area contributed by atoms with E-state index in [1.54, 1.807) is 11.8 Å². The highest BCUT2D eigenvalue weighted by atomic mass is 32.2. The molecule has 6 nitrogen and oxygen atoms in total. The molecule has 1 aromatic carbocycles. The van der Waals surface area contributed by atoms with Crippen LogP contribution in [0.25, 0.3) is 0 Å². The summed E-state index contributed by atoms with van der Waals surface area (Å²) in [6.07, 6.45) is 6.67. The molecule has 4 atom stereocenters. The molecule has 3 amide bonds. The largest absolute Gasteiger partial charge is 0.324 e. The van der Waals surface area contributed by atoms with Crippen LogP contribution in [0.15, 0.2) is 18.2 Å². The standard InChI is InChI=1S/C22H27N3O3S/c1-12-7-8-15-14(11-12)22(21(28)23-15)18-17(16(24-22)9-10-29-2)19(26)25(20(18)27)13-5-3-4-6-13/h7-8,11,13,16-18,24H,3-6,9-10H2,1-2H3,(H,23,28). The molecule has 3 aliphatic heterocycles. The summed E-state index contributed by atoms with van der Waals surface area (Å²) in [5.41, 5.74) is 1.46. The van der Waals surface area contributed by atoms with Gasteiger partial charge in [0, 0.05) is 23.3 Å². The van der Waals surface area contributed by atoms with Crippen LogP contribution in [0, 0.1) is 18.8 Å². The lowest BCUT2D eigenvalue weighted by molar-refractivity contribution is -0.145. The maximum absolute atomic E-state index is 13.7. The summed E-state index contributed by atoms with van der Waals surface area (Å²) >= 11 is 1.72. The number of rotatable bonds is 4. The third-order valence-electron chi connectivity index (χ3n) is 7.23. The van der Waals surface area contributed by atoms with Crippen LogP contribution < -0.4 is 10.6 Å². The van der Waals surface area contributed by atoms with Crippen LogP contribution in [0.4, 0.5) is 5.69 Å². The summed E-state index contributed by atoms with van der Waals surface area (Å²) in [5, 5.41) is 6.49. The van der Waals surface area contributed by atoms with Crippen LogP contribution in [0.1, 0.15) is 43.2 Å². The van der Waals surface area contributed by atoms with Gasteiger partial charge >= 0.3 is 0 Å². The fourth-order valence-corrected chi connectivity index (χ4v) is 6.44. The van der Waals surface area contributed by atoms with Crippen molar-refractivity contribution in [2.24, 2.45) is 11.8 Å². The second kappa shape index (κ2) is 6.84. The van der Waals surface area contributed by atoms with Gasteiger partial charge in [0.1, 0.15) is 5.54 Å². The van der Waals surface area contributed by atoms with Gasteiger partial charge in [-0.1, -0.05) is 30.5 Å². The zero-order valence-corrected chi connectivity index (χ0v) is 17.7. The molecule has 1 aliphatic carbocycles. The molecule has 1 aromatic rings. The van der Waals surface area contributed by atoms with Crippen LogP contribution in [0.5, 0.6) is 0 Å². The highest BCUT2D eigenvalue weighted by Crippen LogP contribution is 2.54. The Morgan fingerprint density at radius 1 is 1.17 bits per heavy atom. The molecule has 2 saturated heterocycles. The van der Waals surface area contributed by atoms with Gasteiger partial charge in [-0.2, -0.15) is 11.8 Å². The van der Waals surface area contributed by atoms with Crippen molar-refractivity contribution in [1.29, 1.82) is 0 Å². The number of hydrogen-bond acceptors (Lipinski definition) is 5.